The van der Waals surface area contributed by atoms with Gasteiger partial charge in [-0.3, -0.25) is 14.6 Å². The van der Waals surface area contributed by atoms with E-state index in [0.29, 0.717) is 17.5 Å². The van der Waals surface area contributed by atoms with E-state index in [9.17, 15) is 9.59 Å². The summed E-state index contributed by atoms with van der Waals surface area (Å²) in [6, 6.07) is 9.04. The lowest BCUT2D eigenvalue weighted by Crippen LogP contribution is -2.42. The van der Waals surface area contributed by atoms with Gasteiger partial charge in [-0.15, -0.1) is 0 Å². The summed E-state index contributed by atoms with van der Waals surface area (Å²) in [4.78, 5) is 29.7. The van der Waals surface area contributed by atoms with Crippen molar-refractivity contribution in [3.63, 3.8) is 0 Å². The number of hydrogen-bond acceptors (Lipinski definition) is 3. The standard InChI is InChI=1S/C17H20N2O3/c1-4-12(3)19(10-15(20)21)17(22)14-7-5-6-13-9-8-11(2)18-16(13)14/h5-9,12H,4,10H2,1-3H3,(H,20,21). The summed E-state index contributed by atoms with van der Waals surface area (Å²) in [5.74, 6) is -1.31. The molecule has 0 aliphatic heterocycles. The van der Waals surface area contributed by atoms with E-state index < -0.39 is 5.97 Å². The number of para-hydroxylation sites is 1. The second kappa shape index (κ2) is 6.56. The number of fused-ring (bicyclic) bond motifs is 1. The third-order valence-corrected chi connectivity index (χ3v) is 3.78. The fourth-order valence-electron chi connectivity index (χ4n) is 2.37. The zero-order chi connectivity index (χ0) is 16.3. The van der Waals surface area contributed by atoms with Crippen LogP contribution in [0.2, 0.25) is 0 Å². The maximum Gasteiger partial charge on any atom is 0.323 e. The molecule has 0 aliphatic carbocycles. The van der Waals surface area contributed by atoms with Gasteiger partial charge in [0.05, 0.1) is 11.1 Å². The van der Waals surface area contributed by atoms with Crippen molar-refractivity contribution in [3.05, 3.63) is 41.6 Å². The quantitative estimate of drug-likeness (QED) is 0.921. The Morgan fingerprint density at radius 1 is 1.27 bits per heavy atom. The average Bonchev–Trinajstić information content (AvgIpc) is 2.50. The Bertz CT molecular complexity index is 712. The Balaban J connectivity index is 2.50. The smallest absolute Gasteiger partial charge is 0.323 e. The molecule has 0 saturated heterocycles. The number of nitrogens with zero attached hydrogens (tertiary/aromatic N) is 2. The van der Waals surface area contributed by atoms with Crippen LogP contribution in [0.5, 0.6) is 0 Å². The van der Waals surface area contributed by atoms with Crippen molar-refractivity contribution in [2.45, 2.75) is 33.2 Å². The van der Waals surface area contributed by atoms with Crippen LogP contribution < -0.4 is 0 Å². The van der Waals surface area contributed by atoms with Crippen LogP contribution in [-0.2, 0) is 4.79 Å². The summed E-state index contributed by atoms with van der Waals surface area (Å²) in [6.07, 6.45) is 0.691. The molecule has 22 heavy (non-hydrogen) atoms. The van der Waals surface area contributed by atoms with Crippen LogP contribution in [0.25, 0.3) is 10.9 Å². The number of carbonyl (C=O) groups is 2. The van der Waals surface area contributed by atoms with E-state index in [4.69, 9.17) is 5.11 Å². The van der Waals surface area contributed by atoms with E-state index in [1.807, 2.05) is 39.0 Å². The van der Waals surface area contributed by atoms with Crippen molar-refractivity contribution in [2.75, 3.05) is 6.54 Å². The first-order valence-electron chi connectivity index (χ1n) is 7.33. The van der Waals surface area contributed by atoms with Crippen molar-refractivity contribution in [1.29, 1.82) is 0 Å². The van der Waals surface area contributed by atoms with Gasteiger partial charge in [-0.05, 0) is 32.4 Å². The molecule has 5 heteroatoms. The molecule has 2 aromatic rings. The number of rotatable bonds is 5. The topological polar surface area (TPSA) is 70.5 Å². The minimum atomic E-state index is -1.02. The zero-order valence-corrected chi connectivity index (χ0v) is 13.0. The molecular weight excluding hydrogens is 280 g/mol. The van der Waals surface area contributed by atoms with Gasteiger partial charge < -0.3 is 10.0 Å². The number of benzene rings is 1. The molecule has 1 unspecified atom stereocenters. The van der Waals surface area contributed by atoms with Crippen LogP contribution in [0.15, 0.2) is 30.3 Å². The molecule has 1 atom stereocenters. The summed E-state index contributed by atoms with van der Waals surface area (Å²) in [7, 11) is 0. The zero-order valence-electron chi connectivity index (χ0n) is 13.0. The largest absolute Gasteiger partial charge is 0.480 e. The highest BCUT2D eigenvalue weighted by Crippen LogP contribution is 2.20. The lowest BCUT2D eigenvalue weighted by atomic mass is 10.1. The normalized spacial score (nSPS) is 12.1. The van der Waals surface area contributed by atoms with Crippen molar-refractivity contribution < 1.29 is 14.7 Å². The maximum absolute atomic E-state index is 12.8. The van der Waals surface area contributed by atoms with Crippen molar-refractivity contribution in [2.24, 2.45) is 0 Å². The molecule has 0 aliphatic rings. The van der Waals surface area contributed by atoms with Crippen molar-refractivity contribution in [1.82, 2.24) is 9.88 Å². The van der Waals surface area contributed by atoms with Crippen molar-refractivity contribution in [3.8, 4) is 0 Å². The molecule has 0 radical (unpaired) electrons. The first-order chi connectivity index (χ1) is 10.4. The van der Waals surface area contributed by atoms with E-state index in [2.05, 4.69) is 4.98 Å². The van der Waals surface area contributed by atoms with E-state index >= 15 is 0 Å². The van der Waals surface area contributed by atoms with Crippen LogP contribution in [0.1, 0.15) is 36.3 Å². The van der Waals surface area contributed by atoms with E-state index in [1.54, 1.807) is 12.1 Å². The Morgan fingerprint density at radius 2 is 2.00 bits per heavy atom. The molecule has 116 valence electrons. The summed E-state index contributed by atoms with van der Waals surface area (Å²) in [5, 5.41) is 9.94. The summed E-state index contributed by atoms with van der Waals surface area (Å²) >= 11 is 0. The van der Waals surface area contributed by atoms with Crippen LogP contribution in [0, 0.1) is 6.92 Å². The van der Waals surface area contributed by atoms with Gasteiger partial charge in [-0.2, -0.15) is 0 Å². The van der Waals surface area contributed by atoms with E-state index in [1.165, 1.54) is 4.90 Å². The van der Waals surface area contributed by atoms with E-state index in [0.717, 1.165) is 11.1 Å². The fraction of sp³-hybridized carbons (Fsp3) is 0.353. The number of aliphatic carboxylic acids is 1. The molecule has 2 rings (SSSR count). The van der Waals surface area contributed by atoms with Gasteiger partial charge in [-0.1, -0.05) is 25.1 Å². The number of aromatic nitrogens is 1. The van der Waals surface area contributed by atoms with E-state index in [-0.39, 0.29) is 18.5 Å². The molecule has 0 saturated carbocycles. The van der Waals surface area contributed by atoms with Gasteiger partial charge in [-0.25, -0.2) is 0 Å². The summed E-state index contributed by atoms with van der Waals surface area (Å²) in [6.45, 7) is 5.34. The number of carbonyl (C=O) groups excluding carboxylic acids is 1. The monoisotopic (exact) mass is 300 g/mol. The predicted octanol–water partition coefficient (Wildman–Crippen LogP) is 2.87. The second-order valence-electron chi connectivity index (χ2n) is 5.41. The number of carboxylic acid groups (broad SMARTS) is 1. The first-order valence-corrected chi connectivity index (χ1v) is 7.33. The summed E-state index contributed by atoms with van der Waals surface area (Å²) < 4.78 is 0. The van der Waals surface area contributed by atoms with Gasteiger partial charge in [0, 0.05) is 17.1 Å². The van der Waals surface area contributed by atoms with Crippen LogP contribution in [0.3, 0.4) is 0 Å². The maximum atomic E-state index is 12.8. The molecule has 1 amide bonds. The first kappa shape index (κ1) is 15.9. The lowest BCUT2D eigenvalue weighted by Gasteiger charge is -2.27. The Morgan fingerprint density at radius 3 is 2.64 bits per heavy atom. The molecule has 1 N–H and O–H groups in total. The highest BCUT2D eigenvalue weighted by molar-refractivity contribution is 6.06. The molecule has 1 aromatic carbocycles. The number of hydrogen-bond donors (Lipinski definition) is 1. The molecular formula is C17H20N2O3. The third-order valence-electron chi connectivity index (χ3n) is 3.78. The Labute approximate surface area is 129 Å². The molecule has 0 fully saturated rings. The number of pyridine rings is 1. The fourth-order valence-corrected chi connectivity index (χ4v) is 2.37. The van der Waals surface area contributed by atoms with Crippen molar-refractivity contribution >= 4 is 22.8 Å². The van der Waals surface area contributed by atoms with Crippen LogP contribution in [0.4, 0.5) is 0 Å². The minimum absolute atomic E-state index is 0.149. The van der Waals surface area contributed by atoms with Gasteiger partial charge in [0.2, 0.25) is 0 Å². The van der Waals surface area contributed by atoms with Gasteiger partial charge in [0.15, 0.2) is 0 Å². The molecule has 0 bridgehead atoms. The molecule has 5 nitrogen and oxygen atoms in total. The second-order valence-corrected chi connectivity index (χ2v) is 5.41. The van der Waals surface area contributed by atoms with Gasteiger partial charge >= 0.3 is 5.97 Å². The number of amides is 1. The minimum Gasteiger partial charge on any atom is -0.480 e. The van der Waals surface area contributed by atoms with Crippen LogP contribution >= 0.6 is 0 Å². The SMILES string of the molecule is CCC(C)N(CC(=O)O)C(=O)c1cccc2ccc(C)nc12. The number of aryl methyl sites for hydroxylation is 1. The van der Waals surface area contributed by atoms with Crippen LogP contribution in [-0.4, -0.2) is 39.5 Å². The lowest BCUT2D eigenvalue weighted by molar-refractivity contribution is -0.138. The highest BCUT2D eigenvalue weighted by Gasteiger charge is 2.24. The molecule has 0 spiro atoms. The Hall–Kier alpha value is -2.43. The summed E-state index contributed by atoms with van der Waals surface area (Å²) in [5.41, 5.74) is 1.88. The predicted molar refractivity (Wildman–Crippen MR) is 84.9 cm³/mol. The third kappa shape index (κ3) is 3.24. The number of carboxylic acids is 1. The van der Waals surface area contributed by atoms with Gasteiger partial charge in [0.25, 0.3) is 5.91 Å². The molecule has 1 heterocycles. The molecule has 1 aromatic heterocycles. The average molecular weight is 300 g/mol. The Kier molecular flexibility index (Phi) is 4.75. The highest BCUT2D eigenvalue weighted by atomic mass is 16.4. The van der Waals surface area contributed by atoms with Gasteiger partial charge in [0.1, 0.15) is 6.54 Å².